The summed E-state index contributed by atoms with van der Waals surface area (Å²) >= 11 is 1.50. The SMILES string of the molecule is COc1cc2c(cc1OC)C(c1c(O)nc3n(c1=O)CCCS3)NCC2. The van der Waals surface area contributed by atoms with Gasteiger partial charge in [0, 0.05) is 18.8 Å². The molecule has 2 aromatic rings. The second kappa shape index (κ2) is 6.85. The van der Waals surface area contributed by atoms with Gasteiger partial charge < -0.3 is 19.9 Å². The molecule has 0 saturated carbocycles. The van der Waals surface area contributed by atoms with Crippen LogP contribution in [0.5, 0.6) is 17.4 Å². The van der Waals surface area contributed by atoms with Crippen molar-refractivity contribution in [2.45, 2.75) is 30.6 Å². The summed E-state index contributed by atoms with van der Waals surface area (Å²) in [4.78, 5) is 17.4. The van der Waals surface area contributed by atoms with Gasteiger partial charge >= 0.3 is 0 Å². The van der Waals surface area contributed by atoms with Crippen molar-refractivity contribution in [3.63, 3.8) is 0 Å². The van der Waals surface area contributed by atoms with Gasteiger partial charge in [0.25, 0.3) is 5.56 Å². The highest BCUT2D eigenvalue weighted by atomic mass is 32.2. The largest absolute Gasteiger partial charge is 0.493 e. The van der Waals surface area contributed by atoms with Crippen LogP contribution in [0.2, 0.25) is 0 Å². The van der Waals surface area contributed by atoms with Gasteiger partial charge in [-0.25, -0.2) is 0 Å². The van der Waals surface area contributed by atoms with Crippen LogP contribution in [0.15, 0.2) is 22.1 Å². The number of nitrogens with one attached hydrogen (secondary N) is 1. The van der Waals surface area contributed by atoms with Crippen molar-refractivity contribution >= 4 is 11.8 Å². The third-order valence-electron chi connectivity index (χ3n) is 4.89. The van der Waals surface area contributed by atoms with Gasteiger partial charge in [-0.05, 0) is 36.1 Å². The zero-order chi connectivity index (χ0) is 18.3. The van der Waals surface area contributed by atoms with E-state index in [1.165, 1.54) is 11.8 Å². The molecule has 0 amide bonds. The van der Waals surface area contributed by atoms with Crippen molar-refractivity contribution in [3.8, 4) is 17.4 Å². The van der Waals surface area contributed by atoms with Crippen LogP contribution in [0.25, 0.3) is 0 Å². The number of nitrogens with zero attached hydrogens (tertiary/aromatic N) is 2. The van der Waals surface area contributed by atoms with Crippen LogP contribution in [0.4, 0.5) is 0 Å². The number of hydrogen-bond donors (Lipinski definition) is 2. The van der Waals surface area contributed by atoms with Gasteiger partial charge in [0.15, 0.2) is 16.7 Å². The van der Waals surface area contributed by atoms with E-state index >= 15 is 0 Å². The Labute approximate surface area is 155 Å². The van der Waals surface area contributed by atoms with Gasteiger partial charge in [0.05, 0.1) is 20.3 Å². The lowest BCUT2D eigenvalue weighted by atomic mass is 9.90. The smallest absolute Gasteiger partial charge is 0.263 e. The second-order valence-electron chi connectivity index (χ2n) is 6.33. The zero-order valence-corrected chi connectivity index (χ0v) is 15.6. The lowest BCUT2D eigenvalue weighted by Crippen LogP contribution is -2.37. The molecule has 1 aromatic carbocycles. The predicted octanol–water partition coefficient (Wildman–Crippen LogP) is 1.70. The maximum absolute atomic E-state index is 13.1. The Bertz CT molecular complexity index is 912. The molecule has 0 saturated heterocycles. The number of methoxy groups -OCH3 is 2. The Morgan fingerprint density at radius 3 is 2.85 bits per heavy atom. The molecule has 4 rings (SSSR count). The molecule has 0 fully saturated rings. The van der Waals surface area contributed by atoms with E-state index in [9.17, 15) is 9.90 Å². The van der Waals surface area contributed by atoms with Crippen LogP contribution in [0.1, 0.15) is 29.2 Å². The van der Waals surface area contributed by atoms with Gasteiger partial charge in [-0.2, -0.15) is 4.98 Å². The predicted molar refractivity (Wildman–Crippen MR) is 98.6 cm³/mol. The van der Waals surface area contributed by atoms with Crippen molar-refractivity contribution in [3.05, 3.63) is 39.2 Å². The highest BCUT2D eigenvalue weighted by Gasteiger charge is 2.31. The fourth-order valence-corrected chi connectivity index (χ4v) is 4.56. The standard InChI is InChI=1S/C18H21N3O4S/c1-24-12-8-10-4-5-19-15(11(10)9-13(12)25-2)14-16(22)20-18-21(17(14)23)6-3-7-26-18/h8-9,15,19,22H,3-7H2,1-2H3. The van der Waals surface area contributed by atoms with E-state index in [1.54, 1.807) is 18.8 Å². The fraction of sp³-hybridized carbons (Fsp3) is 0.444. The summed E-state index contributed by atoms with van der Waals surface area (Å²) in [6.45, 7) is 1.33. The van der Waals surface area contributed by atoms with E-state index in [2.05, 4.69) is 10.3 Å². The van der Waals surface area contributed by atoms with Crippen LogP contribution >= 0.6 is 11.8 Å². The Morgan fingerprint density at radius 2 is 2.08 bits per heavy atom. The van der Waals surface area contributed by atoms with Crippen molar-refractivity contribution in [2.75, 3.05) is 26.5 Å². The van der Waals surface area contributed by atoms with Crippen molar-refractivity contribution in [1.29, 1.82) is 0 Å². The number of aromatic hydroxyl groups is 1. The topological polar surface area (TPSA) is 85.6 Å². The number of thioether (sulfide) groups is 1. The van der Waals surface area contributed by atoms with Crippen LogP contribution < -0.4 is 20.3 Å². The van der Waals surface area contributed by atoms with E-state index in [4.69, 9.17) is 9.47 Å². The lowest BCUT2D eigenvalue weighted by molar-refractivity contribution is 0.352. The molecule has 7 nitrogen and oxygen atoms in total. The number of ether oxygens (including phenoxy) is 2. The van der Waals surface area contributed by atoms with Gasteiger partial charge in [0.1, 0.15) is 5.56 Å². The van der Waals surface area contributed by atoms with Crippen molar-refractivity contribution in [2.24, 2.45) is 0 Å². The van der Waals surface area contributed by atoms with Gasteiger partial charge in [-0.15, -0.1) is 0 Å². The van der Waals surface area contributed by atoms with E-state index < -0.39 is 6.04 Å². The molecule has 138 valence electrons. The maximum atomic E-state index is 13.1. The number of fused-ring (bicyclic) bond motifs is 2. The molecule has 2 N–H and O–H groups in total. The number of benzene rings is 1. The summed E-state index contributed by atoms with van der Waals surface area (Å²) in [6.07, 6.45) is 1.73. The highest BCUT2D eigenvalue weighted by molar-refractivity contribution is 7.99. The molecule has 3 heterocycles. The first-order valence-electron chi connectivity index (χ1n) is 8.58. The molecule has 26 heavy (non-hydrogen) atoms. The minimum atomic E-state index is -0.428. The third-order valence-corrected chi connectivity index (χ3v) is 5.96. The van der Waals surface area contributed by atoms with Crippen molar-refractivity contribution in [1.82, 2.24) is 14.9 Å². The van der Waals surface area contributed by atoms with Gasteiger partial charge in [-0.1, -0.05) is 11.8 Å². The van der Waals surface area contributed by atoms with Crippen LogP contribution in [0, 0.1) is 0 Å². The molecule has 0 aliphatic carbocycles. The molecule has 0 bridgehead atoms. The summed E-state index contributed by atoms with van der Waals surface area (Å²) in [6, 6.07) is 3.39. The Hall–Kier alpha value is -2.19. The van der Waals surface area contributed by atoms with E-state index in [-0.39, 0.29) is 11.4 Å². The van der Waals surface area contributed by atoms with Gasteiger partial charge in [-0.3, -0.25) is 9.36 Å². The first-order valence-corrected chi connectivity index (χ1v) is 9.57. The minimum Gasteiger partial charge on any atom is -0.493 e. The first kappa shape index (κ1) is 17.2. The molecule has 1 aromatic heterocycles. The average molecular weight is 375 g/mol. The van der Waals surface area contributed by atoms with Crippen molar-refractivity contribution < 1.29 is 14.6 Å². The monoisotopic (exact) mass is 375 g/mol. The number of hydrogen-bond acceptors (Lipinski definition) is 7. The molecular weight excluding hydrogens is 354 g/mol. The van der Waals surface area contributed by atoms with E-state index in [1.807, 2.05) is 12.1 Å². The number of rotatable bonds is 3. The number of aromatic nitrogens is 2. The summed E-state index contributed by atoms with van der Waals surface area (Å²) in [5, 5.41) is 14.5. The van der Waals surface area contributed by atoms with E-state index in [0.29, 0.717) is 35.3 Å². The Balaban J connectivity index is 1.88. The second-order valence-corrected chi connectivity index (χ2v) is 7.40. The Kier molecular flexibility index (Phi) is 4.54. The minimum absolute atomic E-state index is 0.181. The Morgan fingerprint density at radius 1 is 1.31 bits per heavy atom. The summed E-state index contributed by atoms with van der Waals surface area (Å²) in [7, 11) is 3.19. The molecule has 0 radical (unpaired) electrons. The summed E-state index contributed by atoms with van der Waals surface area (Å²) < 4.78 is 12.5. The molecule has 1 unspecified atom stereocenters. The lowest BCUT2D eigenvalue weighted by Gasteiger charge is -2.29. The third kappa shape index (κ3) is 2.73. The van der Waals surface area contributed by atoms with Crippen LogP contribution in [0.3, 0.4) is 0 Å². The van der Waals surface area contributed by atoms with E-state index in [0.717, 1.165) is 29.7 Å². The summed E-state index contributed by atoms with van der Waals surface area (Å²) in [5.74, 6) is 1.97. The molecular formula is C18H21N3O4S. The van der Waals surface area contributed by atoms with Crippen LogP contribution in [-0.2, 0) is 13.0 Å². The fourth-order valence-electron chi connectivity index (χ4n) is 3.63. The molecule has 0 spiro atoms. The quantitative estimate of drug-likeness (QED) is 0.790. The molecule has 2 aliphatic heterocycles. The van der Waals surface area contributed by atoms with Crippen LogP contribution in [-0.4, -0.2) is 41.2 Å². The maximum Gasteiger partial charge on any atom is 0.263 e. The molecule has 8 heteroatoms. The molecule has 1 atom stereocenters. The zero-order valence-electron chi connectivity index (χ0n) is 14.7. The average Bonchev–Trinajstić information content (AvgIpc) is 2.67. The van der Waals surface area contributed by atoms with Gasteiger partial charge in [0.2, 0.25) is 5.88 Å². The first-order chi connectivity index (χ1) is 12.6. The summed E-state index contributed by atoms with van der Waals surface area (Å²) in [5.41, 5.74) is 2.10. The normalized spacial score (nSPS) is 18.8. The molecule has 2 aliphatic rings. The highest BCUT2D eigenvalue weighted by Crippen LogP contribution is 2.38.